The molecule has 0 heterocycles. The molecular weight excluding hydrogens is 293 g/mol. The molecule has 1 aliphatic rings. The third-order valence-corrected chi connectivity index (χ3v) is 3.26. The molecule has 3 nitrogen and oxygen atoms in total. The number of amides is 1. The molecule has 0 unspecified atom stereocenters. The number of hydrogen-bond acceptors (Lipinski definition) is 2. The highest BCUT2D eigenvalue weighted by Crippen LogP contribution is 2.33. The predicted molar refractivity (Wildman–Crippen MR) is 70.7 cm³/mol. The fraction of sp³-hybridized carbons (Fsp3) is 0.462. The van der Waals surface area contributed by atoms with Crippen LogP contribution in [-0.4, -0.2) is 18.5 Å². The molecule has 2 N–H and O–H groups in total. The number of alkyl halides is 3. The molecule has 0 bridgehead atoms. The summed E-state index contributed by atoms with van der Waals surface area (Å²) in [5, 5.41) is 5.64. The fourth-order valence-electron chi connectivity index (χ4n) is 1.69. The number of hydrogen-bond donors (Lipinski definition) is 2. The van der Waals surface area contributed by atoms with Crippen molar-refractivity contribution in [3.63, 3.8) is 0 Å². The quantitative estimate of drug-likeness (QED) is 0.875. The van der Waals surface area contributed by atoms with Crippen LogP contribution < -0.4 is 10.6 Å². The maximum atomic E-state index is 12.6. The van der Waals surface area contributed by atoms with Gasteiger partial charge < -0.3 is 10.6 Å². The molecule has 1 amide bonds. The van der Waals surface area contributed by atoms with E-state index in [1.165, 1.54) is 0 Å². The summed E-state index contributed by atoms with van der Waals surface area (Å²) < 4.78 is 37.7. The molecule has 1 aliphatic carbocycles. The Labute approximate surface area is 119 Å². The van der Waals surface area contributed by atoms with Gasteiger partial charge in [-0.25, -0.2) is 0 Å². The SMILES string of the molecule is O=C(CCNC1CC1)Nc1cc(C(F)(F)F)ccc1Cl. The molecule has 110 valence electrons. The van der Waals surface area contributed by atoms with E-state index in [-0.39, 0.29) is 23.0 Å². The van der Waals surface area contributed by atoms with Crippen molar-refractivity contribution >= 4 is 23.2 Å². The lowest BCUT2D eigenvalue weighted by atomic mass is 10.2. The summed E-state index contributed by atoms with van der Waals surface area (Å²) in [6.45, 7) is 0.507. The van der Waals surface area contributed by atoms with Crippen LogP contribution in [0, 0.1) is 0 Å². The van der Waals surface area contributed by atoms with Crippen molar-refractivity contribution in [1.29, 1.82) is 0 Å². The fourth-order valence-corrected chi connectivity index (χ4v) is 1.85. The van der Waals surface area contributed by atoms with E-state index in [0.717, 1.165) is 31.0 Å². The number of anilines is 1. The van der Waals surface area contributed by atoms with Crippen molar-refractivity contribution in [2.24, 2.45) is 0 Å². The molecular formula is C13H14ClF3N2O. The van der Waals surface area contributed by atoms with Gasteiger partial charge in [0.25, 0.3) is 0 Å². The average Bonchev–Trinajstić information content (AvgIpc) is 3.14. The van der Waals surface area contributed by atoms with Crippen LogP contribution in [0.15, 0.2) is 18.2 Å². The van der Waals surface area contributed by atoms with Gasteiger partial charge in [0.2, 0.25) is 5.91 Å². The second-order valence-corrected chi connectivity index (χ2v) is 5.13. The number of rotatable bonds is 5. The van der Waals surface area contributed by atoms with Gasteiger partial charge in [-0.3, -0.25) is 4.79 Å². The lowest BCUT2D eigenvalue weighted by Gasteiger charge is -2.11. The van der Waals surface area contributed by atoms with Crippen molar-refractivity contribution in [3.05, 3.63) is 28.8 Å². The molecule has 0 aliphatic heterocycles. The summed E-state index contributed by atoms with van der Waals surface area (Å²) in [7, 11) is 0. The smallest absolute Gasteiger partial charge is 0.325 e. The van der Waals surface area contributed by atoms with Crippen molar-refractivity contribution < 1.29 is 18.0 Å². The number of benzene rings is 1. The van der Waals surface area contributed by atoms with Gasteiger partial charge in [0.05, 0.1) is 16.3 Å². The van der Waals surface area contributed by atoms with Crippen molar-refractivity contribution in [2.75, 3.05) is 11.9 Å². The summed E-state index contributed by atoms with van der Waals surface area (Å²) in [4.78, 5) is 11.6. The maximum absolute atomic E-state index is 12.6. The molecule has 20 heavy (non-hydrogen) atoms. The Balaban J connectivity index is 1.94. The summed E-state index contributed by atoms with van der Waals surface area (Å²) in [6, 6.07) is 3.34. The Morgan fingerprint density at radius 1 is 1.35 bits per heavy atom. The van der Waals surface area contributed by atoms with E-state index in [9.17, 15) is 18.0 Å². The van der Waals surface area contributed by atoms with E-state index in [0.29, 0.717) is 12.6 Å². The number of carbonyl (C=O) groups is 1. The molecule has 2 rings (SSSR count). The van der Waals surface area contributed by atoms with E-state index >= 15 is 0 Å². The van der Waals surface area contributed by atoms with Crippen molar-refractivity contribution in [2.45, 2.75) is 31.5 Å². The molecule has 0 radical (unpaired) electrons. The summed E-state index contributed by atoms with van der Waals surface area (Å²) in [5.41, 5.74) is -0.855. The van der Waals surface area contributed by atoms with Crippen LogP contribution in [-0.2, 0) is 11.0 Å². The molecule has 0 spiro atoms. The number of halogens is 4. The first-order valence-electron chi connectivity index (χ1n) is 6.26. The Bertz CT molecular complexity index is 501. The van der Waals surface area contributed by atoms with Gasteiger partial charge in [-0.1, -0.05) is 11.6 Å². The molecule has 1 aromatic carbocycles. The van der Waals surface area contributed by atoms with E-state index in [1.54, 1.807) is 0 Å². The van der Waals surface area contributed by atoms with Gasteiger partial charge in [0.1, 0.15) is 0 Å². The third kappa shape index (κ3) is 4.38. The Kier molecular flexibility index (Phi) is 4.55. The third-order valence-electron chi connectivity index (χ3n) is 2.93. The van der Waals surface area contributed by atoms with Crippen LogP contribution in [0.2, 0.25) is 5.02 Å². The first-order chi connectivity index (χ1) is 9.36. The Hall–Kier alpha value is -1.27. The molecule has 1 aromatic rings. The first kappa shape index (κ1) is 15.1. The molecule has 0 aromatic heterocycles. The Morgan fingerprint density at radius 3 is 2.65 bits per heavy atom. The molecule has 0 saturated heterocycles. The van der Waals surface area contributed by atoms with Gasteiger partial charge >= 0.3 is 6.18 Å². The summed E-state index contributed by atoms with van der Waals surface area (Å²) >= 11 is 5.79. The standard InChI is InChI=1S/C13H14ClF3N2O/c14-10-4-1-8(13(15,16)17)7-11(10)19-12(20)5-6-18-9-2-3-9/h1,4,7,9,18H,2-3,5-6H2,(H,19,20). The highest BCUT2D eigenvalue weighted by molar-refractivity contribution is 6.33. The van der Waals surface area contributed by atoms with Crippen LogP contribution in [0.3, 0.4) is 0 Å². The minimum Gasteiger partial charge on any atom is -0.325 e. The van der Waals surface area contributed by atoms with Crippen LogP contribution in [0.4, 0.5) is 18.9 Å². The van der Waals surface area contributed by atoms with Crippen LogP contribution >= 0.6 is 11.6 Å². The van der Waals surface area contributed by atoms with E-state index in [2.05, 4.69) is 10.6 Å². The molecule has 1 fully saturated rings. The highest BCUT2D eigenvalue weighted by atomic mass is 35.5. The minimum absolute atomic E-state index is 0.0158. The van der Waals surface area contributed by atoms with Gasteiger partial charge in [-0.15, -0.1) is 0 Å². The van der Waals surface area contributed by atoms with Crippen LogP contribution in [0.1, 0.15) is 24.8 Å². The zero-order chi connectivity index (χ0) is 14.8. The first-order valence-corrected chi connectivity index (χ1v) is 6.64. The second-order valence-electron chi connectivity index (χ2n) is 4.72. The Morgan fingerprint density at radius 2 is 2.05 bits per heavy atom. The van der Waals surface area contributed by atoms with Gasteiger partial charge in [0.15, 0.2) is 0 Å². The number of carbonyl (C=O) groups excluding carboxylic acids is 1. The molecule has 1 saturated carbocycles. The summed E-state index contributed by atoms with van der Waals surface area (Å²) in [6.07, 6.45) is -2.04. The zero-order valence-electron chi connectivity index (χ0n) is 10.6. The second kappa shape index (κ2) is 6.01. The number of nitrogens with one attached hydrogen (secondary N) is 2. The topological polar surface area (TPSA) is 41.1 Å². The molecule has 7 heteroatoms. The highest BCUT2D eigenvalue weighted by Gasteiger charge is 2.31. The van der Waals surface area contributed by atoms with Crippen molar-refractivity contribution in [1.82, 2.24) is 5.32 Å². The van der Waals surface area contributed by atoms with E-state index < -0.39 is 11.7 Å². The van der Waals surface area contributed by atoms with Crippen LogP contribution in [0.5, 0.6) is 0 Å². The largest absolute Gasteiger partial charge is 0.416 e. The van der Waals surface area contributed by atoms with E-state index in [4.69, 9.17) is 11.6 Å². The maximum Gasteiger partial charge on any atom is 0.416 e. The van der Waals surface area contributed by atoms with Crippen molar-refractivity contribution in [3.8, 4) is 0 Å². The van der Waals surface area contributed by atoms with Gasteiger partial charge in [-0.05, 0) is 31.0 Å². The normalized spacial score (nSPS) is 15.2. The lowest BCUT2D eigenvalue weighted by molar-refractivity contribution is -0.137. The van der Waals surface area contributed by atoms with Crippen LogP contribution in [0.25, 0.3) is 0 Å². The molecule has 0 atom stereocenters. The van der Waals surface area contributed by atoms with Gasteiger partial charge in [0, 0.05) is 19.0 Å². The predicted octanol–water partition coefficient (Wildman–Crippen LogP) is 3.44. The zero-order valence-corrected chi connectivity index (χ0v) is 11.3. The summed E-state index contributed by atoms with van der Waals surface area (Å²) in [5.74, 6) is -0.362. The van der Waals surface area contributed by atoms with Gasteiger partial charge in [-0.2, -0.15) is 13.2 Å². The van der Waals surface area contributed by atoms with E-state index in [1.807, 2.05) is 0 Å². The monoisotopic (exact) mass is 306 g/mol. The average molecular weight is 307 g/mol. The lowest BCUT2D eigenvalue weighted by Crippen LogP contribution is -2.23. The minimum atomic E-state index is -4.46.